The van der Waals surface area contributed by atoms with Gasteiger partial charge in [0, 0.05) is 0 Å². The van der Waals surface area contributed by atoms with Crippen LogP contribution < -0.4 is 0 Å². The Morgan fingerprint density at radius 2 is 1.93 bits per heavy atom. The van der Waals surface area contributed by atoms with E-state index < -0.39 is 17.1 Å². The fraction of sp³-hybridized carbons (Fsp3) is 0.909. The van der Waals surface area contributed by atoms with Gasteiger partial charge in [0.2, 0.25) is 0 Å². The smallest absolute Gasteiger partial charge is 0.310 e. The Bertz CT molecular complexity index is 264. The number of carbonyl (C=O) groups is 1. The average Bonchev–Trinajstić information content (AvgIpc) is 2.14. The second kappa shape index (κ2) is 3.65. The van der Waals surface area contributed by atoms with Gasteiger partial charge in [-0.2, -0.15) is 11.8 Å². The summed E-state index contributed by atoms with van der Waals surface area (Å²) in [6, 6.07) is 0. The van der Waals surface area contributed by atoms with Crippen molar-refractivity contribution < 1.29 is 14.3 Å². The molecule has 2 nitrogen and oxygen atoms in total. The van der Waals surface area contributed by atoms with Gasteiger partial charge in [-0.05, 0) is 50.0 Å². The van der Waals surface area contributed by atoms with Crippen molar-refractivity contribution >= 4 is 17.7 Å². The van der Waals surface area contributed by atoms with Gasteiger partial charge in [-0.3, -0.25) is 4.79 Å². The SMILES string of the molecule is CC1(F)CC(C(=O)O)(C2CCSCC2)C1. The van der Waals surface area contributed by atoms with E-state index in [-0.39, 0.29) is 18.8 Å². The Labute approximate surface area is 93.6 Å². The van der Waals surface area contributed by atoms with Crippen molar-refractivity contribution in [2.45, 2.75) is 38.3 Å². The normalized spacial score (nSPS) is 42.3. The van der Waals surface area contributed by atoms with Gasteiger partial charge in [0.25, 0.3) is 0 Å². The van der Waals surface area contributed by atoms with Crippen molar-refractivity contribution in [3.8, 4) is 0 Å². The first-order chi connectivity index (χ1) is 6.96. The second-order valence-corrected chi connectivity index (χ2v) is 6.34. The lowest BCUT2D eigenvalue weighted by Crippen LogP contribution is -2.56. The zero-order valence-electron chi connectivity index (χ0n) is 8.96. The van der Waals surface area contributed by atoms with Gasteiger partial charge in [0.05, 0.1) is 5.41 Å². The summed E-state index contributed by atoms with van der Waals surface area (Å²) in [5.74, 6) is 1.47. The first-order valence-corrected chi connectivity index (χ1v) is 6.62. The lowest BCUT2D eigenvalue weighted by Gasteiger charge is -2.52. The molecule has 0 aromatic carbocycles. The number of alkyl halides is 1. The summed E-state index contributed by atoms with van der Waals surface area (Å²) in [5.41, 5.74) is -1.99. The summed E-state index contributed by atoms with van der Waals surface area (Å²) >= 11 is 1.87. The van der Waals surface area contributed by atoms with Crippen molar-refractivity contribution in [2.75, 3.05) is 11.5 Å². The molecule has 4 heteroatoms. The fourth-order valence-corrected chi connectivity index (χ4v) is 4.23. The Balaban J connectivity index is 2.10. The molecule has 0 aromatic heterocycles. The highest BCUT2D eigenvalue weighted by Gasteiger charge is 2.61. The summed E-state index contributed by atoms with van der Waals surface area (Å²) in [7, 11) is 0. The number of halogens is 1. The van der Waals surface area contributed by atoms with Gasteiger partial charge in [0.1, 0.15) is 5.67 Å². The zero-order valence-corrected chi connectivity index (χ0v) is 9.78. The molecule has 1 saturated carbocycles. The molecular weight excluding hydrogens is 215 g/mol. The van der Waals surface area contributed by atoms with Gasteiger partial charge >= 0.3 is 5.97 Å². The molecule has 1 aliphatic carbocycles. The van der Waals surface area contributed by atoms with Crippen molar-refractivity contribution in [1.29, 1.82) is 0 Å². The van der Waals surface area contributed by atoms with E-state index in [1.54, 1.807) is 0 Å². The molecule has 2 aliphatic rings. The molecule has 2 rings (SSSR count). The Hall–Kier alpha value is -0.250. The number of carboxylic acids is 1. The third kappa shape index (κ3) is 1.88. The van der Waals surface area contributed by atoms with Crippen LogP contribution in [0.1, 0.15) is 32.6 Å². The standard InChI is InChI=1S/C11H17FO2S/c1-10(12)6-11(7-10,9(13)14)8-2-4-15-5-3-8/h8H,2-7H2,1H3,(H,13,14). The van der Waals surface area contributed by atoms with E-state index in [2.05, 4.69) is 0 Å². The van der Waals surface area contributed by atoms with Gasteiger partial charge < -0.3 is 5.11 Å². The molecule has 0 amide bonds. The summed E-state index contributed by atoms with van der Waals surface area (Å²) in [6.45, 7) is 1.52. The van der Waals surface area contributed by atoms with Crippen LogP contribution in [-0.2, 0) is 4.79 Å². The van der Waals surface area contributed by atoms with Crippen LogP contribution in [0.15, 0.2) is 0 Å². The highest BCUT2D eigenvalue weighted by Crippen LogP contribution is 2.58. The molecule has 2 fully saturated rings. The van der Waals surface area contributed by atoms with Gasteiger partial charge in [0.15, 0.2) is 0 Å². The molecule has 0 radical (unpaired) electrons. The number of thioether (sulfide) groups is 1. The minimum atomic E-state index is -1.25. The lowest BCUT2D eigenvalue weighted by molar-refractivity contribution is -0.176. The maximum absolute atomic E-state index is 13.5. The molecule has 0 aromatic rings. The van der Waals surface area contributed by atoms with Crippen LogP contribution in [-0.4, -0.2) is 28.3 Å². The van der Waals surface area contributed by atoms with Crippen molar-refractivity contribution in [2.24, 2.45) is 11.3 Å². The number of hydrogen-bond acceptors (Lipinski definition) is 2. The Morgan fingerprint density at radius 1 is 1.40 bits per heavy atom. The average molecular weight is 232 g/mol. The largest absolute Gasteiger partial charge is 0.481 e. The van der Waals surface area contributed by atoms with Crippen molar-refractivity contribution in [1.82, 2.24) is 0 Å². The topological polar surface area (TPSA) is 37.3 Å². The van der Waals surface area contributed by atoms with E-state index in [1.807, 2.05) is 11.8 Å². The molecule has 1 heterocycles. The van der Waals surface area contributed by atoms with Crippen LogP contribution in [0.5, 0.6) is 0 Å². The number of aliphatic carboxylic acids is 1. The second-order valence-electron chi connectivity index (χ2n) is 5.11. The van der Waals surface area contributed by atoms with E-state index in [0.717, 1.165) is 24.3 Å². The van der Waals surface area contributed by atoms with Crippen molar-refractivity contribution in [3.05, 3.63) is 0 Å². The maximum atomic E-state index is 13.5. The lowest BCUT2D eigenvalue weighted by atomic mass is 9.53. The van der Waals surface area contributed by atoms with Gasteiger partial charge in [-0.1, -0.05) is 0 Å². The summed E-state index contributed by atoms with van der Waals surface area (Å²) < 4.78 is 13.5. The third-order valence-corrected chi connectivity index (χ3v) is 4.85. The number of hydrogen-bond donors (Lipinski definition) is 1. The monoisotopic (exact) mass is 232 g/mol. The van der Waals surface area contributed by atoms with Gasteiger partial charge in [-0.15, -0.1) is 0 Å². The molecular formula is C11H17FO2S. The van der Waals surface area contributed by atoms with Crippen LogP contribution in [0.2, 0.25) is 0 Å². The molecule has 0 atom stereocenters. The van der Waals surface area contributed by atoms with Crippen LogP contribution in [0, 0.1) is 11.3 Å². The van der Waals surface area contributed by atoms with Crippen LogP contribution in [0.3, 0.4) is 0 Å². The molecule has 86 valence electrons. The van der Waals surface area contributed by atoms with E-state index >= 15 is 0 Å². The third-order valence-electron chi connectivity index (χ3n) is 3.80. The highest BCUT2D eigenvalue weighted by molar-refractivity contribution is 7.99. The first kappa shape index (κ1) is 11.2. The molecule has 15 heavy (non-hydrogen) atoms. The maximum Gasteiger partial charge on any atom is 0.310 e. The van der Waals surface area contributed by atoms with E-state index in [4.69, 9.17) is 0 Å². The fourth-order valence-electron chi connectivity index (χ4n) is 3.13. The zero-order chi connectivity index (χ0) is 11.1. The minimum absolute atomic E-state index is 0.195. The summed E-state index contributed by atoms with van der Waals surface area (Å²) in [4.78, 5) is 11.3. The summed E-state index contributed by atoms with van der Waals surface area (Å²) in [6.07, 6.45) is 2.30. The Kier molecular flexibility index (Phi) is 2.73. The van der Waals surface area contributed by atoms with Crippen molar-refractivity contribution in [3.63, 3.8) is 0 Å². The first-order valence-electron chi connectivity index (χ1n) is 5.46. The molecule has 0 bridgehead atoms. The molecule has 0 unspecified atom stereocenters. The van der Waals surface area contributed by atoms with Crippen LogP contribution in [0.4, 0.5) is 4.39 Å². The predicted octanol–water partition coefficient (Wildman–Crippen LogP) is 2.72. The van der Waals surface area contributed by atoms with Crippen LogP contribution >= 0.6 is 11.8 Å². The van der Waals surface area contributed by atoms with Crippen LogP contribution in [0.25, 0.3) is 0 Å². The van der Waals surface area contributed by atoms with E-state index in [9.17, 15) is 14.3 Å². The molecule has 1 aliphatic heterocycles. The highest BCUT2D eigenvalue weighted by atomic mass is 32.2. The minimum Gasteiger partial charge on any atom is -0.481 e. The molecule has 1 saturated heterocycles. The molecule has 0 spiro atoms. The molecule has 1 N–H and O–H groups in total. The number of rotatable bonds is 2. The van der Waals surface area contributed by atoms with E-state index in [0.29, 0.717) is 0 Å². The Morgan fingerprint density at radius 3 is 2.33 bits per heavy atom. The quantitative estimate of drug-likeness (QED) is 0.795. The number of carboxylic acid groups (broad SMARTS) is 1. The summed E-state index contributed by atoms with van der Waals surface area (Å²) in [5, 5.41) is 9.29. The van der Waals surface area contributed by atoms with Gasteiger partial charge in [-0.25, -0.2) is 4.39 Å². The predicted molar refractivity (Wildman–Crippen MR) is 58.9 cm³/mol. The van der Waals surface area contributed by atoms with E-state index in [1.165, 1.54) is 6.92 Å².